The molecular weight excluding hydrogens is 270 g/mol. The Morgan fingerprint density at radius 3 is 2.72 bits per heavy atom. The number of hydrogen-bond donors (Lipinski definition) is 1. The van der Waals surface area contributed by atoms with Gasteiger partial charge in [-0.25, -0.2) is 0 Å². The van der Waals surface area contributed by atoms with E-state index in [9.17, 15) is 0 Å². The molecule has 1 aliphatic carbocycles. The van der Waals surface area contributed by atoms with Gasteiger partial charge < -0.3 is 10.3 Å². The molecule has 0 spiro atoms. The Morgan fingerprint density at radius 2 is 2.06 bits per heavy atom. The number of halogens is 1. The summed E-state index contributed by atoms with van der Waals surface area (Å²) in [6, 6.07) is 3.71. The van der Waals surface area contributed by atoms with E-state index in [-0.39, 0.29) is 0 Å². The number of aromatic nitrogens is 2. The highest BCUT2D eigenvalue weighted by atomic mass is 35.5. The molecule has 0 radical (unpaired) electrons. The second kappa shape index (κ2) is 4.64. The fourth-order valence-electron chi connectivity index (χ4n) is 2.36. The van der Waals surface area contributed by atoms with E-state index in [2.05, 4.69) is 10.1 Å². The van der Waals surface area contributed by atoms with Gasteiger partial charge >= 0.3 is 0 Å². The zero-order chi connectivity index (χ0) is 12.6. The second-order valence-corrected chi connectivity index (χ2v) is 6.46. The summed E-state index contributed by atoms with van der Waals surface area (Å²) in [5.74, 6) is 1.14. The first-order chi connectivity index (χ1) is 8.67. The van der Waals surface area contributed by atoms with Crippen molar-refractivity contribution in [1.29, 1.82) is 0 Å². The van der Waals surface area contributed by atoms with Crippen LogP contribution in [-0.4, -0.2) is 10.1 Å². The molecule has 1 aliphatic rings. The summed E-state index contributed by atoms with van der Waals surface area (Å²) < 4.78 is 6.01. The minimum absolute atomic E-state index is 0.416. The van der Waals surface area contributed by atoms with Crippen LogP contribution in [0.2, 0.25) is 4.34 Å². The van der Waals surface area contributed by atoms with Gasteiger partial charge in [0.2, 0.25) is 0 Å². The number of nitrogens with two attached hydrogens (primary N) is 1. The van der Waals surface area contributed by atoms with Crippen LogP contribution in [0, 0.1) is 0 Å². The van der Waals surface area contributed by atoms with Gasteiger partial charge in [0.15, 0.2) is 5.82 Å². The molecule has 0 saturated heterocycles. The van der Waals surface area contributed by atoms with E-state index in [1.54, 1.807) is 0 Å². The molecule has 96 valence electrons. The monoisotopic (exact) mass is 283 g/mol. The van der Waals surface area contributed by atoms with Crippen molar-refractivity contribution in [3.8, 4) is 10.8 Å². The SMILES string of the molecule is NC1(c2noc(-c3ccc(Cl)s3)n2)CCCCC1. The lowest BCUT2D eigenvalue weighted by Crippen LogP contribution is -2.39. The fraction of sp³-hybridized carbons (Fsp3) is 0.500. The lowest BCUT2D eigenvalue weighted by Gasteiger charge is -2.29. The van der Waals surface area contributed by atoms with Gasteiger partial charge in [-0.05, 0) is 25.0 Å². The molecule has 0 aliphatic heterocycles. The second-order valence-electron chi connectivity index (χ2n) is 4.74. The predicted octanol–water partition coefficient (Wildman–Crippen LogP) is 3.57. The van der Waals surface area contributed by atoms with Crippen molar-refractivity contribution in [2.45, 2.75) is 37.6 Å². The zero-order valence-corrected chi connectivity index (χ0v) is 11.4. The summed E-state index contributed by atoms with van der Waals surface area (Å²) in [5, 5.41) is 4.05. The molecule has 18 heavy (non-hydrogen) atoms. The quantitative estimate of drug-likeness (QED) is 0.915. The molecule has 0 unspecified atom stereocenters. The van der Waals surface area contributed by atoms with Crippen molar-refractivity contribution in [2.24, 2.45) is 5.73 Å². The van der Waals surface area contributed by atoms with E-state index in [1.807, 2.05) is 12.1 Å². The van der Waals surface area contributed by atoms with Gasteiger partial charge in [0.1, 0.15) is 0 Å². The van der Waals surface area contributed by atoms with Crippen molar-refractivity contribution in [3.05, 3.63) is 22.3 Å². The van der Waals surface area contributed by atoms with E-state index in [0.717, 1.165) is 30.6 Å². The summed E-state index contributed by atoms with van der Waals surface area (Å²) in [6.07, 6.45) is 5.36. The van der Waals surface area contributed by atoms with Crippen molar-refractivity contribution >= 4 is 22.9 Å². The van der Waals surface area contributed by atoms with Gasteiger partial charge in [0.25, 0.3) is 5.89 Å². The van der Waals surface area contributed by atoms with Gasteiger partial charge in [-0.2, -0.15) is 4.98 Å². The Labute approximate surface area is 114 Å². The van der Waals surface area contributed by atoms with Gasteiger partial charge in [0, 0.05) is 0 Å². The molecule has 0 bridgehead atoms. The molecule has 3 rings (SSSR count). The Balaban J connectivity index is 1.89. The van der Waals surface area contributed by atoms with Gasteiger partial charge in [-0.15, -0.1) is 11.3 Å². The van der Waals surface area contributed by atoms with Crippen LogP contribution in [0.3, 0.4) is 0 Å². The molecule has 1 saturated carbocycles. The first-order valence-electron chi connectivity index (χ1n) is 6.06. The molecule has 6 heteroatoms. The molecule has 2 aromatic heterocycles. The summed E-state index contributed by atoms with van der Waals surface area (Å²) in [6.45, 7) is 0. The van der Waals surface area contributed by atoms with Crippen LogP contribution in [0.4, 0.5) is 0 Å². The van der Waals surface area contributed by atoms with Crippen LogP contribution in [0.5, 0.6) is 0 Å². The van der Waals surface area contributed by atoms with E-state index in [4.69, 9.17) is 21.9 Å². The van der Waals surface area contributed by atoms with Gasteiger partial charge in [-0.1, -0.05) is 36.0 Å². The molecule has 1 fully saturated rings. The third kappa shape index (κ3) is 2.18. The largest absolute Gasteiger partial charge is 0.333 e. The van der Waals surface area contributed by atoms with E-state index in [1.165, 1.54) is 17.8 Å². The first kappa shape index (κ1) is 12.1. The van der Waals surface area contributed by atoms with Crippen molar-refractivity contribution < 1.29 is 4.52 Å². The van der Waals surface area contributed by atoms with Crippen molar-refractivity contribution in [2.75, 3.05) is 0 Å². The van der Waals surface area contributed by atoms with E-state index >= 15 is 0 Å². The van der Waals surface area contributed by atoms with Gasteiger partial charge in [-0.3, -0.25) is 0 Å². The third-order valence-electron chi connectivity index (χ3n) is 3.40. The highest BCUT2D eigenvalue weighted by Crippen LogP contribution is 2.35. The standard InChI is InChI=1S/C12H14ClN3OS/c13-9-5-4-8(18-9)10-15-11(16-17-10)12(14)6-2-1-3-7-12/h4-5H,1-3,6-7,14H2. The van der Waals surface area contributed by atoms with Crippen LogP contribution in [-0.2, 0) is 5.54 Å². The Morgan fingerprint density at radius 1 is 1.28 bits per heavy atom. The maximum atomic E-state index is 6.37. The van der Waals surface area contributed by atoms with E-state index < -0.39 is 5.54 Å². The number of hydrogen-bond acceptors (Lipinski definition) is 5. The molecule has 2 aromatic rings. The lowest BCUT2D eigenvalue weighted by molar-refractivity contribution is 0.275. The van der Waals surface area contributed by atoms with E-state index in [0.29, 0.717) is 16.1 Å². The summed E-state index contributed by atoms with van der Waals surface area (Å²) in [4.78, 5) is 5.33. The molecule has 0 aromatic carbocycles. The van der Waals surface area contributed by atoms with Crippen LogP contribution >= 0.6 is 22.9 Å². The highest BCUT2D eigenvalue weighted by Gasteiger charge is 2.34. The van der Waals surface area contributed by atoms with Crippen LogP contribution in [0.25, 0.3) is 10.8 Å². The molecular formula is C12H14ClN3OS. The van der Waals surface area contributed by atoms with Crippen LogP contribution in [0.1, 0.15) is 37.9 Å². The average molecular weight is 284 g/mol. The average Bonchev–Trinajstić information content (AvgIpc) is 2.98. The van der Waals surface area contributed by atoms with Crippen molar-refractivity contribution in [1.82, 2.24) is 10.1 Å². The highest BCUT2D eigenvalue weighted by molar-refractivity contribution is 7.19. The van der Waals surface area contributed by atoms with Crippen LogP contribution < -0.4 is 5.73 Å². The minimum Gasteiger partial charge on any atom is -0.333 e. The zero-order valence-electron chi connectivity index (χ0n) is 9.86. The lowest BCUT2D eigenvalue weighted by atomic mass is 9.82. The molecule has 2 N–H and O–H groups in total. The number of rotatable bonds is 2. The predicted molar refractivity (Wildman–Crippen MR) is 71.6 cm³/mol. The van der Waals surface area contributed by atoms with Crippen molar-refractivity contribution in [3.63, 3.8) is 0 Å². The summed E-state index contributed by atoms with van der Waals surface area (Å²) >= 11 is 7.33. The maximum absolute atomic E-state index is 6.37. The molecule has 0 atom stereocenters. The normalized spacial score (nSPS) is 19.0. The summed E-state index contributed by atoms with van der Waals surface area (Å²) in [5.41, 5.74) is 5.95. The minimum atomic E-state index is -0.416. The Bertz CT molecular complexity index is 545. The third-order valence-corrected chi connectivity index (χ3v) is 4.62. The number of nitrogens with zero attached hydrogens (tertiary/aromatic N) is 2. The summed E-state index contributed by atoms with van der Waals surface area (Å²) in [7, 11) is 0. The molecule has 2 heterocycles. The topological polar surface area (TPSA) is 64.9 Å². The fourth-order valence-corrected chi connectivity index (χ4v) is 3.33. The molecule has 0 amide bonds. The molecule has 4 nitrogen and oxygen atoms in total. The first-order valence-corrected chi connectivity index (χ1v) is 7.26. The Kier molecular flexibility index (Phi) is 3.13. The van der Waals surface area contributed by atoms with Crippen LogP contribution in [0.15, 0.2) is 16.7 Å². The maximum Gasteiger partial charge on any atom is 0.268 e. The van der Waals surface area contributed by atoms with Gasteiger partial charge in [0.05, 0.1) is 14.8 Å². The smallest absolute Gasteiger partial charge is 0.268 e. The number of thiophene rings is 1. The Hall–Kier alpha value is -0.910.